The van der Waals surface area contributed by atoms with Gasteiger partial charge in [-0.2, -0.15) is 0 Å². The van der Waals surface area contributed by atoms with E-state index in [1.54, 1.807) is 42.5 Å². The maximum Gasteiger partial charge on any atom is 0.252 e. The molecule has 9 heteroatoms. The second-order valence-corrected chi connectivity index (χ2v) is 8.14. The summed E-state index contributed by atoms with van der Waals surface area (Å²) < 4.78 is 11.9. The number of aliphatic hydroxyl groups excluding tert-OH is 1. The van der Waals surface area contributed by atoms with E-state index in [0.717, 1.165) is 12.8 Å². The maximum absolute atomic E-state index is 13.6. The second-order valence-electron chi connectivity index (χ2n) is 8.14. The van der Waals surface area contributed by atoms with E-state index in [2.05, 4.69) is 28.8 Å². The molecule has 0 unspecified atom stereocenters. The number of benzene rings is 2. The summed E-state index contributed by atoms with van der Waals surface area (Å²) in [5, 5.41) is 15.7. The number of hydrogen-bond donors (Lipinski definition) is 2. The Balaban J connectivity index is 2.02. The average molecular weight is 478 g/mol. The molecular weight excluding hydrogens is 446 g/mol. The highest BCUT2D eigenvalue weighted by molar-refractivity contribution is 6.01. The molecule has 1 amide bonds. The van der Waals surface area contributed by atoms with Crippen molar-refractivity contribution in [1.82, 2.24) is 5.32 Å². The van der Waals surface area contributed by atoms with Crippen molar-refractivity contribution in [3.05, 3.63) is 82.8 Å². The first-order valence-electron chi connectivity index (χ1n) is 11.7. The first kappa shape index (κ1) is 25.8. The highest BCUT2D eigenvalue weighted by Crippen LogP contribution is 2.45. The van der Waals surface area contributed by atoms with Crippen LogP contribution < -0.4 is 10.1 Å². The van der Waals surface area contributed by atoms with Crippen LogP contribution in [0.5, 0.6) is 5.75 Å². The fourth-order valence-electron chi connectivity index (χ4n) is 3.89. The van der Waals surface area contributed by atoms with E-state index in [9.17, 15) is 4.79 Å². The Morgan fingerprint density at radius 3 is 2.77 bits per heavy atom. The van der Waals surface area contributed by atoms with Crippen molar-refractivity contribution in [2.24, 2.45) is 10.1 Å². The van der Waals surface area contributed by atoms with E-state index < -0.39 is 11.6 Å². The third kappa shape index (κ3) is 6.01. The Morgan fingerprint density at radius 1 is 1.31 bits per heavy atom. The van der Waals surface area contributed by atoms with Gasteiger partial charge in [0.2, 0.25) is 5.90 Å². The normalized spacial score (nSPS) is 18.7. The molecule has 0 saturated heterocycles. The number of ether oxygens (including phenoxy) is 2. The van der Waals surface area contributed by atoms with Gasteiger partial charge in [0, 0.05) is 47.7 Å². The summed E-state index contributed by atoms with van der Waals surface area (Å²) in [6, 6.07) is 14.2. The lowest BCUT2D eigenvalue weighted by Crippen LogP contribution is -2.48. The van der Waals surface area contributed by atoms with Crippen molar-refractivity contribution in [2.75, 3.05) is 19.8 Å². The highest BCUT2D eigenvalue weighted by Gasteiger charge is 2.52. The predicted molar refractivity (Wildman–Crippen MR) is 135 cm³/mol. The third-order valence-corrected chi connectivity index (χ3v) is 5.67. The molecule has 3 rings (SSSR count). The van der Waals surface area contributed by atoms with Crippen LogP contribution in [0.15, 0.2) is 71.3 Å². The van der Waals surface area contributed by atoms with Gasteiger partial charge in [0.15, 0.2) is 11.6 Å². The van der Waals surface area contributed by atoms with Crippen molar-refractivity contribution in [3.8, 4) is 5.75 Å². The van der Waals surface area contributed by atoms with Crippen molar-refractivity contribution < 1.29 is 19.4 Å². The largest absolute Gasteiger partial charge is 0.494 e. The van der Waals surface area contributed by atoms with Crippen LogP contribution >= 0.6 is 0 Å². The van der Waals surface area contributed by atoms with E-state index in [-0.39, 0.29) is 18.9 Å². The molecular formula is C26H31N5O4. The minimum atomic E-state index is -1.32. The standard InChI is InChI=1S/C26H31N5O4/c1-3-5-16-28-25(33)26(15-4-2)23(21-9-6-7-10-22(21)30-31-27)35-24(29-26)19-11-13-20(14-12-19)34-18-8-17-32/h4,6-7,9-14,23,32H,2-3,5,8,15-18H2,1H3,(H,28,33)/t23-,26-/m1/s1. The lowest BCUT2D eigenvalue weighted by molar-refractivity contribution is -0.128. The monoisotopic (exact) mass is 477 g/mol. The van der Waals surface area contributed by atoms with Crippen LogP contribution in [-0.2, 0) is 9.53 Å². The Kier molecular flexibility index (Phi) is 9.29. The molecule has 0 aliphatic carbocycles. The summed E-state index contributed by atoms with van der Waals surface area (Å²) in [7, 11) is 0. The first-order valence-corrected chi connectivity index (χ1v) is 11.7. The zero-order valence-electron chi connectivity index (χ0n) is 19.9. The molecule has 2 aromatic carbocycles. The number of unbranched alkanes of at least 4 members (excludes halogenated alkanes) is 1. The Hall–Kier alpha value is -3.81. The molecule has 2 N–H and O–H groups in total. The smallest absolute Gasteiger partial charge is 0.252 e. The quantitative estimate of drug-likeness (QED) is 0.136. The van der Waals surface area contributed by atoms with Crippen molar-refractivity contribution in [2.45, 2.75) is 44.2 Å². The second kappa shape index (κ2) is 12.6. The minimum absolute atomic E-state index is 0.0626. The van der Waals surface area contributed by atoms with Crippen LogP contribution in [0.1, 0.15) is 49.8 Å². The van der Waals surface area contributed by atoms with Crippen molar-refractivity contribution >= 4 is 17.5 Å². The summed E-state index contributed by atoms with van der Waals surface area (Å²) >= 11 is 0. The molecule has 2 aromatic rings. The molecule has 1 heterocycles. The molecule has 0 aromatic heterocycles. The number of aliphatic hydroxyl groups is 1. The van der Waals surface area contributed by atoms with Crippen LogP contribution in [0.3, 0.4) is 0 Å². The van der Waals surface area contributed by atoms with Gasteiger partial charge in [0.1, 0.15) is 5.75 Å². The average Bonchev–Trinajstić information content (AvgIpc) is 3.26. The Bertz CT molecular complexity index is 1100. The Morgan fingerprint density at radius 2 is 2.09 bits per heavy atom. The first-order chi connectivity index (χ1) is 17.1. The molecule has 1 aliphatic heterocycles. The number of azide groups is 1. The fourth-order valence-corrected chi connectivity index (χ4v) is 3.89. The number of carbonyl (C=O) groups excluding carboxylic acids is 1. The molecule has 184 valence electrons. The zero-order valence-corrected chi connectivity index (χ0v) is 19.9. The van der Waals surface area contributed by atoms with Crippen molar-refractivity contribution in [1.29, 1.82) is 0 Å². The summed E-state index contributed by atoms with van der Waals surface area (Å²) in [6.07, 6.45) is 3.38. The number of rotatable bonds is 13. The number of hydrogen-bond acceptors (Lipinski definition) is 6. The van der Waals surface area contributed by atoms with Crippen LogP contribution in [0, 0.1) is 0 Å². The van der Waals surface area contributed by atoms with Crippen LogP contribution in [0.2, 0.25) is 0 Å². The number of nitrogens with zero attached hydrogens (tertiary/aromatic N) is 4. The zero-order chi connectivity index (χ0) is 25.1. The summed E-state index contributed by atoms with van der Waals surface area (Å²) in [4.78, 5) is 21.3. The number of aliphatic imine (C=N–C) groups is 1. The lowest BCUT2D eigenvalue weighted by atomic mass is 9.84. The van der Waals surface area contributed by atoms with Crippen LogP contribution in [0.25, 0.3) is 10.4 Å². The fraction of sp³-hybridized carbons (Fsp3) is 0.385. The van der Waals surface area contributed by atoms with Gasteiger partial charge in [-0.15, -0.1) is 6.58 Å². The summed E-state index contributed by atoms with van der Waals surface area (Å²) in [5.41, 5.74) is 9.38. The molecule has 0 bridgehead atoms. The van der Waals surface area contributed by atoms with Gasteiger partial charge in [-0.3, -0.25) is 4.79 Å². The van der Waals surface area contributed by atoms with E-state index in [0.29, 0.717) is 48.0 Å². The molecule has 0 spiro atoms. The minimum Gasteiger partial charge on any atom is -0.494 e. The van der Waals surface area contributed by atoms with Gasteiger partial charge in [-0.05, 0) is 36.2 Å². The lowest BCUT2D eigenvalue weighted by Gasteiger charge is -2.30. The van der Waals surface area contributed by atoms with E-state index in [4.69, 9.17) is 25.1 Å². The van der Waals surface area contributed by atoms with E-state index in [1.807, 2.05) is 12.1 Å². The summed E-state index contributed by atoms with van der Waals surface area (Å²) in [6.45, 7) is 6.90. The van der Waals surface area contributed by atoms with Gasteiger partial charge in [-0.1, -0.05) is 48.8 Å². The molecule has 2 atom stereocenters. The van der Waals surface area contributed by atoms with Crippen molar-refractivity contribution in [3.63, 3.8) is 0 Å². The van der Waals surface area contributed by atoms with Gasteiger partial charge in [0.25, 0.3) is 5.91 Å². The van der Waals surface area contributed by atoms with Crippen LogP contribution in [-0.4, -0.2) is 42.2 Å². The summed E-state index contributed by atoms with van der Waals surface area (Å²) in [5.74, 6) is 0.686. The Labute approximate surface area is 205 Å². The number of nitrogens with one attached hydrogen (secondary N) is 1. The number of carbonyl (C=O) groups is 1. The van der Waals surface area contributed by atoms with Gasteiger partial charge in [-0.25, -0.2) is 4.99 Å². The SMILES string of the molecule is C=CC[C@@]1(C(=O)NCCCC)N=C(c2ccc(OCCCO)cc2)O[C@@H]1c1ccccc1N=[N+]=[N-]. The molecule has 0 radical (unpaired) electrons. The van der Waals surface area contributed by atoms with Gasteiger partial charge < -0.3 is 19.9 Å². The van der Waals surface area contributed by atoms with E-state index >= 15 is 0 Å². The molecule has 9 nitrogen and oxygen atoms in total. The maximum atomic E-state index is 13.6. The van der Waals surface area contributed by atoms with Gasteiger partial charge in [0.05, 0.1) is 6.61 Å². The number of amides is 1. The highest BCUT2D eigenvalue weighted by atomic mass is 16.5. The predicted octanol–water partition coefficient (Wildman–Crippen LogP) is 5.14. The molecule has 1 aliphatic rings. The topological polar surface area (TPSA) is 129 Å². The third-order valence-electron chi connectivity index (χ3n) is 5.67. The van der Waals surface area contributed by atoms with Gasteiger partial charge >= 0.3 is 0 Å². The van der Waals surface area contributed by atoms with E-state index in [1.165, 1.54) is 0 Å². The van der Waals surface area contributed by atoms with Crippen LogP contribution in [0.4, 0.5) is 5.69 Å². The molecule has 0 saturated carbocycles. The molecule has 0 fully saturated rings. The molecule has 35 heavy (non-hydrogen) atoms.